The van der Waals surface area contributed by atoms with Crippen molar-refractivity contribution < 1.29 is 14.6 Å². The summed E-state index contributed by atoms with van der Waals surface area (Å²) in [6.07, 6.45) is 2.32. The maximum absolute atomic E-state index is 10.5. The number of fused-ring (bicyclic) bond motifs is 1. The predicted octanol–water partition coefficient (Wildman–Crippen LogP) is 4.33. The first kappa shape index (κ1) is 17.7. The molecule has 1 saturated heterocycles. The number of benzene rings is 2. The maximum Gasteiger partial charge on any atom is 0.165 e. The minimum atomic E-state index is 0.198. The first-order chi connectivity index (χ1) is 12.7. The molecule has 1 fully saturated rings. The number of hydrogen-bond donors (Lipinski definition) is 1. The number of phenols is 1. The van der Waals surface area contributed by atoms with Crippen molar-refractivity contribution in [1.29, 1.82) is 0 Å². The minimum absolute atomic E-state index is 0.198. The van der Waals surface area contributed by atoms with Gasteiger partial charge in [-0.3, -0.25) is 4.90 Å². The number of rotatable bonds is 4. The minimum Gasteiger partial charge on any atom is -0.504 e. The van der Waals surface area contributed by atoms with Crippen LogP contribution in [0.5, 0.6) is 11.5 Å². The fourth-order valence-corrected chi connectivity index (χ4v) is 3.95. The van der Waals surface area contributed by atoms with Gasteiger partial charge >= 0.3 is 0 Å². The van der Waals surface area contributed by atoms with Crippen LogP contribution in [0, 0.1) is 5.92 Å². The molecule has 1 atom stereocenters. The third-order valence-corrected chi connectivity index (χ3v) is 5.46. The van der Waals surface area contributed by atoms with E-state index in [2.05, 4.69) is 11.0 Å². The van der Waals surface area contributed by atoms with Gasteiger partial charge < -0.3 is 14.6 Å². The zero-order chi connectivity index (χ0) is 17.9. The number of hydrogen-bond acceptors (Lipinski definition) is 4. The van der Waals surface area contributed by atoms with Crippen LogP contribution in [0.1, 0.15) is 18.4 Å². The average Bonchev–Trinajstić information content (AvgIpc) is 3.06. The zero-order valence-electron chi connectivity index (χ0n) is 14.8. The molecule has 0 spiro atoms. The SMILES string of the molecule is Oc1cc(-c2cccc(Cl)c2)cc2c1OCCN(CC[C@H]1CCOC1)C2. The first-order valence-electron chi connectivity index (χ1n) is 9.24. The third kappa shape index (κ3) is 3.98. The molecule has 0 bridgehead atoms. The monoisotopic (exact) mass is 373 g/mol. The maximum atomic E-state index is 10.5. The van der Waals surface area contributed by atoms with E-state index in [1.807, 2.05) is 24.3 Å². The molecule has 0 saturated carbocycles. The predicted molar refractivity (Wildman–Crippen MR) is 103 cm³/mol. The molecule has 5 heteroatoms. The molecule has 138 valence electrons. The summed E-state index contributed by atoms with van der Waals surface area (Å²) in [5, 5.41) is 11.2. The van der Waals surface area contributed by atoms with Crippen molar-refractivity contribution >= 4 is 11.6 Å². The van der Waals surface area contributed by atoms with E-state index >= 15 is 0 Å². The Balaban J connectivity index is 1.55. The van der Waals surface area contributed by atoms with Gasteiger partial charge in [-0.2, -0.15) is 0 Å². The number of halogens is 1. The summed E-state index contributed by atoms with van der Waals surface area (Å²) in [5.74, 6) is 1.48. The summed E-state index contributed by atoms with van der Waals surface area (Å²) in [6, 6.07) is 11.6. The molecule has 2 aliphatic rings. The Hall–Kier alpha value is -1.75. The molecule has 2 aromatic carbocycles. The van der Waals surface area contributed by atoms with Gasteiger partial charge in [0.2, 0.25) is 0 Å². The smallest absolute Gasteiger partial charge is 0.165 e. The standard InChI is InChI=1S/C21H24ClNO3/c22-19-3-1-2-16(11-19)17-10-18-13-23(6-4-15-5-8-25-14-15)7-9-26-21(18)20(24)12-17/h1-3,10-12,15,24H,4-9,13-14H2/t15-/m0/s1. The Labute approximate surface area is 159 Å². The summed E-state index contributed by atoms with van der Waals surface area (Å²) in [5.41, 5.74) is 2.98. The average molecular weight is 374 g/mol. The fraction of sp³-hybridized carbons (Fsp3) is 0.429. The second kappa shape index (κ2) is 7.87. The highest BCUT2D eigenvalue weighted by molar-refractivity contribution is 6.30. The highest BCUT2D eigenvalue weighted by atomic mass is 35.5. The van der Waals surface area contributed by atoms with E-state index in [9.17, 15) is 5.11 Å². The molecule has 2 heterocycles. The van der Waals surface area contributed by atoms with Gasteiger partial charge in [-0.15, -0.1) is 0 Å². The molecule has 0 amide bonds. The lowest BCUT2D eigenvalue weighted by atomic mass is 10.0. The Kier molecular flexibility index (Phi) is 5.34. The van der Waals surface area contributed by atoms with Crippen LogP contribution in [0.3, 0.4) is 0 Å². The molecule has 1 N–H and O–H groups in total. The van der Waals surface area contributed by atoms with Crippen LogP contribution in [-0.4, -0.2) is 42.9 Å². The molecule has 0 aromatic heterocycles. The van der Waals surface area contributed by atoms with E-state index in [0.717, 1.165) is 56.0 Å². The third-order valence-electron chi connectivity index (χ3n) is 5.23. The molecule has 0 aliphatic carbocycles. The van der Waals surface area contributed by atoms with Gasteiger partial charge in [-0.05, 0) is 60.7 Å². The van der Waals surface area contributed by atoms with Crippen LogP contribution in [0.2, 0.25) is 5.02 Å². The molecule has 2 aromatic rings. The lowest BCUT2D eigenvalue weighted by molar-refractivity contribution is 0.174. The molecule has 2 aliphatic heterocycles. The number of nitrogens with zero attached hydrogens (tertiary/aromatic N) is 1. The van der Waals surface area contributed by atoms with E-state index in [4.69, 9.17) is 21.1 Å². The second-order valence-electron chi connectivity index (χ2n) is 7.14. The molecular formula is C21H24ClNO3. The summed E-state index contributed by atoms with van der Waals surface area (Å²) in [4.78, 5) is 2.41. The first-order valence-corrected chi connectivity index (χ1v) is 9.61. The van der Waals surface area contributed by atoms with Crippen molar-refractivity contribution in [3.8, 4) is 22.6 Å². The van der Waals surface area contributed by atoms with Gasteiger partial charge in [0.1, 0.15) is 6.61 Å². The molecule has 4 nitrogen and oxygen atoms in total. The van der Waals surface area contributed by atoms with Crippen LogP contribution < -0.4 is 4.74 Å². The van der Waals surface area contributed by atoms with Crippen LogP contribution in [-0.2, 0) is 11.3 Å². The quantitative estimate of drug-likeness (QED) is 0.865. The fourth-order valence-electron chi connectivity index (χ4n) is 3.75. The van der Waals surface area contributed by atoms with Crippen molar-refractivity contribution in [3.05, 3.63) is 47.0 Å². The van der Waals surface area contributed by atoms with E-state index in [-0.39, 0.29) is 5.75 Å². The van der Waals surface area contributed by atoms with Gasteiger partial charge in [0.15, 0.2) is 11.5 Å². The van der Waals surface area contributed by atoms with Gasteiger partial charge in [0, 0.05) is 36.9 Å². The van der Waals surface area contributed by atoms with Crippen molar-refractivity contribution in [3.63, 3.8) is 0 Å². The highest BCUT2D eigenvalue weighted by Crippen LogP contribution is 2.38. The summed E-state index contributed by atoms with van der Waals surface area (Å²) in [7, 11) is 0. The van der Waals surface area contributed by atoms with Crippen molar-refractivity contribution in [2.24, 2.45) is 5.92 Å². The van der Waals surface area contributed by atoms with Crippen molar-refractivity contribution in [2.75, 3.05) is 32.9 Å². The van der Waals surface area contributed by atoms with E-state index in [0.29, 0.717) is 23.3 Å². The van der Waals surface area contributed by atoms with E-state index in [1.165, 1.54) is 6.42 Å². The van der Waals surface area contributed by atoms with E-state index < -0.39 is 0 Å². The number of phenolic OH excluding ortho intramolecular Hbond substituents is 1. The lowest BCUT2D eigenvalue weighted by Crippen LogP contribution is -2.28. The Morgan fingerprint density at radius 3 is 2.88 bits per heavy atom. The molecule has 26 heavy (non-hydrogen) atoms. The lowest BCUT2D eigenvalue weighted by Gasteiger charge is -2.21. The van der Waals surface area contributed by atoms with Crippen molar-refractivity contribution in [2.45, 2.75) is 19.4 Å². The molecular weight excluding hydrogens is 350 g/mol. The van der Waals surface area contributed by atoms with Crippen molar-refractivity contribution in [1.82, 2.24) is 4.90 Å². The Morgan fingerprint density at radius 2 is 2.08 bits per heavy atom. The van der Waals surface area contributed by atoms with Gasteiger partial charge in [-0.1, -0.05) is 23.7 Å². The van der Waals surface area contributed by atoms with Gasteiger partial charge in [0.25, 0.3) is 0 Å². The number of ether oxygens (including phenoxy) is 2. The van der Waals surface area contributed by atoms with Crippen LogP contribution in [0.4, 0.5) is 0 Å². The van der Waals surface area contributed by atoms with Gasteiger partial charge in [-0.25, -0.2) is 0 Å². The molecule has 4 rings (SSSR count). The van der Waals surface area contributed by atoms with Gasteiger partial charge in [0.05, 0.1) is 0 Å². The largest absolute Gasteiger partial charge is 0.504 e. The zero-order valence-corrected chi connectivity index (χ0v) is 15.5. The molecule has 0 radical (unpaired) electrons. The number of aromatic hydroxyl groups is 1. The summed E-state index contributed by atoms with van der Waals surface area (Å²) >= 11 is 6.12. The molecule has 0 unspecified atom stereocenters. The van der Waals surface area contributed by atoms with Crippen LogP contribution in [0.15, 0.2) is 36.4 Å². The van der Waals surface area contributed by atoms with Crippen LogP contribution in [0.25, 0.3) is 11.1 Å². The van der Waals surface area contributed by atoms with Crippen LogP contribution >= 0.6 is 11.6 Å². The summed E-state index contributed by atoms with van der Waals surface area (Å²) in [6.45, 7) is 5.06. The Morgan fingerprint density at radius 1 is 1.15 bits per heavy atom. The second-order valence-corrected chi connectivity index (χ2v) is 7.57. The topological polar surface area (TPSA) is 41.9 Å². The Bertz CT molecular complexity index is 774. The summed E-state index contributed by atoms with van der Waals surface area (Å²) < 4.78 is 11.3. The van der Waals surface area contributed by atoms with E-state index in [1.54, 1.807) is 6.07 Å². The normalized spacial score (nSPS) is 20.4. The highest BCUT2D eigenvalue weighted by Gasteiger charge is 2.22.